The number of nitrogens with zero attached hydrogens (tertiary/aromatic N) is 5. The first-order valence-corrected chi connectivity index (χ1v) is 10.6. The summed E-state index contributed by atoms with van der Waals surface area (Å²) in [7, 11) is 0. The van der Waals surface area contributed by atoms with Crippen LogP contribution in [0.4, 0.5) is 34.3 Å². The van der Waals surface area contributed by atoms with Gasteiger partial charge in [0.25, 0.3) is 0 Å². The Morgan fingerprint density at radius 2 is 1.17 bits per heavy atom. The second-order valence-corrected chi connectivity index (χ2v) is 6.83. The molecular formula is C23H31N7. The van der Waals surface area contributed by atoms with Crippen molar-refractivity contribution >= 4 is 34.3 Å². The molecule has 2 aromatic carbocycles. The Hall–Kier alpha value is -3.35. The minimum absolute atomic E-state index is 0.638. The van der Waals surface area contributed by atoms with E-state index in [1.165, 1.54) is 0 Å². The molecule has 7 heteroatoms. The van der Waals surface area contributed by atoms with Gasteiger partial charge in [-0.15, -0.1) is 10.2 Å². The van der Waals surface area contributed by atoms with E-state index in [1.54, 1.807) is 6.20 Å². The predicted octanol–water partition coefficient (Wildman–Crippen LogP) is 5.05. The predicted molar refractivity (Wildman–Crippen MR) is 126 cm³/mol. The van der Waals surface area contributed by atoms with Crippen LogP contribution in [0.2, 0.25) is 0 Å². The summed E-state index contributed by atoms with van der Waals surface area (Å²) in [6, 6.07) is 16.5. The van der Waals surface area contributed by atoms with E-state index < -0.39 is 0 Å². The molecule has 3 aromatic rings. The zero-order chi connectivity index (χ0) is 21.3. The van der Waals surface area contributed by atoms with Gasteiger partial charge in [-0.05, 0) is 57.2 Å². The highest BCUT2D eigenvalue weighted by molar-refractivity contribution is 5.83. The molecule has 158 valence electrons. The summed E-state index contributed by atoms with van der Waals surface area (Å²) in [5.74, 6) is 0.638. The largest absolute Gasteiger partial charge is 0.370 e. The number of hydrogen-bond donors (Lipinski definition) is 2. The zero-order valence-corrected chi connectivity index (χ0v) is 18.3. The average Bonchev–Trinajstić information content (AvgIpc) is 2.79. The second-order valence-electron chi connectivity index (χ2n) is 6.83. The van der Waals surface area contributed by atoms with Crippen LogP contribution in [0.15, 0.2) is 54.7 Å². The van der Waals surface area contributed by atoms with E-state index in [4.69, 9.17) is 0 Å². The lowest BCUT2D eigenvalue weighted by Gasteiger charge is -2.25. The fourth-order valence-electron chi connectivity index (χ4n) is 3.56. The lowest BCUT2D eigenvalue weighted by atomic mass is 10.2. The molecule has 3 rings (SSSR count). The summed E-state index contributed by atoms with van der Waals surface area (Å²) < 4.78 is 0. The summed E-state index contributed by atoms with van der Waals surface area (Å²) in [4.78, 5) is 4.62. The molecule has 0 saturated carbocycles. The van der Waals surface area contributed by atoms with Gasteiger partial charge in [0.1, 0.15) is 5.69 Å². The monoisotopic (exact) mass is 405 g/mol. The molecule has 0 amide bonds. The summed E-state index contributed by atoms with van der Waals surface area (Å²) in [5, 5.41) is 19.1. The molecule has 2 N–H and O–H groups in total. The Morgan fingerprint density at radius 1 is 0.667 bits per heavy atom. The van der Waals surface area contributed by atoms with Gasteiger partial charge in [-0.25, -0.2) is 0 Å². The van der Waals surface area contributed by atoms with Crippen LogP contribution in [0.25, 0.3) is 0 Å². The fraction of sp³-hybridized carbons (Fsp3) is 0.348. The topological polar surface area (TPSA) is 69.2 Å². The van der Waals surface area contributed by atoms with Gasteiger partial charge in [0.05, 0.1) is 28.9 Å². The summed E-state index contributed by atoms with van der Waals surface area (Å²) in [6.07, 6.45) is 1.70. The van der Waals surface area contributed by atoms with Crippen LogP contribution >= 0.6 is 0 Å². The number of nitrogens with one attached hydrogen (secondary N) is 2. The van der Waals surface area contributed by atoms with Crippen LogP contribution in [0.5, 0.6) is 0 Å². The maximum Gasteiger partial charge on any atom is 0.180 e. The lowest BCUT2D eigenvalue weighted by molar-refractivity contribution is 0.861. The molecule has 1 heterocycles. The number of hydrogen-bond acceptors (Lipinski definition) is 7. The molecule has 7 nitrogen and oxygen atoms in total. The highest BCUT2D eigenvalue weighted by Crippen LogP contribution is 2.33. The third kappa shape index (κ3) is 4.79. The maximum absolute atomic E-state index is 4.27. The summed E-state index contributed by atoms with van der Waals surface area (Å²) >= 11 is 0. The van der Waals surface area contributed by atoms with Gasteiger partial charge < -0.3 is 20.4 Å². The van der Waals surface area contributed by atoms with E-state index in [2.05, 4.69) is 99.9 Å². The highest BCUT2D eigenvalue weighted by atomic mass is 15.3. The van der Waals surface area contributed by atoms with Gasteiger partial charge in [-0.3, -0.25) is 0 Å². The minimum atomic E-state index is 0.638. The van der Waals surface area contributed by atoms with Crippen molar-refractivity contribution in [2.24, 2.45) is 0 Å². The quantitative estimate of drug-likeness (QED) is 0.489. The molecule has 0 atom stereocenters. The molecule has 0 unspecified atom stereocenters. The standard InChI is InChI=1S/C23H31N7/c1-5-29(6-2)21-15-11-9-13-18(21)25-20-17-24-28-27-23(20)26-19-14-10-12-16-22(19)30(7-3)8-4/h9-17H,5-8H2,1-4H3,(H,25,28)(H,24,26,27). The maximum atomic E-state index is 4.27. The Bertz CT molecular complexity index is 860. The molecule has 0 spiro atoms. The van der Waals surface area contributed by atoms with Gasteiger partial charge in [-0.2, -0.15) is 0 Å². The molecule has 1 aromatic heterocycles. The molecule has 0 aliphatic carbocycles. The molecule has 0 saturated heterocycles. The molecular weight excluding hydrogens is 374 g/mol. The molecule has 30 heavy (non-hydrogen) atoms. The molecule has 0 aliphatic heterocycles. The van der Waals surface area contributed by atoms with Gasteiger partial charge in [-0.1, -0.05) is 24.3 Å². The van der Waals surface area contributed by atoms with E-state index in [0.29, 0.717) is 5.82 Å². The lowest BCUT2D eigenvalue weighted by Crippen LogP contribution is -2.23. The van der Waals surface area contributed by atoms with E-state index in [-0.39, 0.29) is 0 Å². The van der Waals surface area contributed by atoms with E-state index in [9.17, 15) is 0 Å². The van der Waals surface area contributed by atoms with Crippen molar-refractivity contribution in [3.05, 3.63) is 54.7 Å². The molecule has 0 bridgehead atoms. The van der Waals surface area contributed by atoms with Crippen molar-refractivity contribution < 1.29 is 0 Å². The number of benzene rings is 2. The van der Waals surface area contributed by atoms with Crippen LogP contribution in [0.1, 0.15) is 27.7 Å². The van der Waals surface area contributed by atoms with Crippen LogP contribution in [-0.4, -0.2) is 41.6 Å². The van der Waals surface area contributed by atoms with Crippen LogP contribution in [0.3, 0.4) is 0 Å². The van der Waals surface area contributed by atoms with Crippen molar-refractivity contribution in [1.29, 1.82) is 0 Å². The summed E-state index contributed by atoms with van der Waals surface area (Å²) in [5.41, 5.74) is 5.06. The minimum Gasteiger partial charge on any atom is -0.370 e. The van der Waals surface area contributed by atoms with E-state index in [0.717, 1.165) is 54.6 Å². The van der Waals surface area contributed by atoms with Crippen LogP contribution in [-0.2, 0) is 0 Å². The van der Waals surface area contributed by atoms with Gasteiger partial charge in [0.2, 0.25) is 0 Å². The SMILES string of the molecule is CCN(CC)c1ccccc1Nc1cnnnc1Nc1ccccc1N(CC)CC. The van der Waals surface area contributed by atoms with E-state index >= 15 is 0 Å². The number of aromatic nitrogens is 3. The number of para-hydroxylation sites is 4. The first-order chi connectivity index (χ1) is 14.7. The average molecular weight is 406 g/mol. The van der Waals surface area contributed by atoms with Gasteiger partial charge >= 0.3 is 0 Å². The Morgan fingerprint density at radius 3 is 1.70 bits per heavy atom. The van der Waals surface area contributed by atoms with Crippen LogP contribution < -0.4 is 20.4 Å². The number of rotatable bonds is 10. The van der Waals surface area contributed by atoms with Gasteiger partial charge in [0, 0.05) is 26.2 Å². The molecule has 0 radical (unpaired) electrons. The second kappa shape index (κ2) is 10.4. The first-order valence-electron chi connectivity index (χ1n) is 10.6. The Kier molecular flexibility index (Phi) is 7.43. The smallest absolute Gasteiger partial charge is 0.180 e. The first kappa shape index (κ1) is 21.4. The van der Waals surface area contributed by atoms with Crippen LogP contribution in [0, 0.1) is 0 Å². The van der Waals surface area contributed by atoms with Crippen molar-refractivity contribution in [1.82, 2.24) is 15.4 Å². The van der Waals surface area contributed by atoms with Crippen molar-refractivity contribution in [3.63, 3.8) is 0 Å². The highest BCUT2D eigenvalue weighted by Gasteiger charge is 2.14. The third-order valence-electron chi connectivity index (χ3n) is 5.18. The van der Waals surface area contributed by atoms with Crippen molar-refractivity contribution in [3.8, 4) is 0 Å². The van der Waals surface area contributed by atoms with Gasteiger partial charge in [0.15, 0.2) is 5.82 Å². The molecule has 0 aliphatic rings. The normalized spacial score (nSPS) is 10.5. The summed E-state index contributed by atoms with van der Waals surface area (Å²) in [6.45, 7) is 12.4. The van der Waals surface area contributed by atoms with E-state index in [1.807, 2.05) is 12.1 Å². The van der Waals surface area contributed by atoms with Crippen molar-refractivity contribution in [2.45, 2.75) is 27.7 Å². The fourth-order valence-corrected chi connectivity index (χ4v) is 3.56. The molecule has 0 fully saturated rings. The number of anilines is 6. The van der Waals surface area contributed by atoms with Crippen molar-refractivity contribution in [2.75, 3.05) is 46.6 Å². The zero-order valence-electron chi connectivity index (χ0n) is 18.3. The Balaban J connectivity index is 1.93. The Labute approximate surface area is 179 Å². The third-order valence-corrected chi connectivity index (χ3v) is 5.18.